The van der Waals surface area contributed by atoms with Crippen molar-refractivity contribution in [2.75, 3.05) is 20.6 Å². The smallest absolute Gasteiger partial charge is 0.244 e. The summed E-state index contributed by atoms with van der Waals surface area (Å²) in [6.07, 6.45) is 2.33. The van der Waals surface area contributed by atoms with Crippen LogP contribution in [-0.2, 0) is 0 Å². The Morgan fingerprint density at radius 1 is 1.60 bits per heavy atom. The number of hydrogen-bond donors (Lipinski definition) is 1. The van der Waals surface area contributed by atoms with Gasteiger partial charge >= 0.3 is 0 Å². The van der Waals surface area contributed by atoms with E-state index in [4.69, 9.17) is 4.52 Å². The van der Waals surface area contributed by atoms with Gasteiger partial charge in [-0.25, -0.2) is 0 Å². The third-order valence-corrected chi connectivity index (χ3v) is 3.08. The van der Waals surface area contributed by atoms with Crippen molar-refractivity contribution in [3.63, 3.8) is 0 Å². The van der Waals surface area contributed by atoms with Crippen LogP contribution in [0.15, 0.2) is 4.52 Å². The maximum atomic E-state index is 5.30. The molecule has 5 nitrogen and oxygen atoms in total. The van der Waals surface area contributed by atoms with Crippen LogP contribution in [0.25, 0.3) is 0 Å². The summed E-state index contributed by atoms with van der Waals surface area (Å²) in [4.78, 5) is 6.70. The summed E-state index contributed by atoms with van der Waals surface area (Å²) in [5.74, 6) is 1.50. The zero-order chi connectivity index (χ0) is 10.8. The highest BCUT2D eigenvalue weighted by Gasteiger charge is 2.28. The molecule has 1 aliphatic rings. The summed E-state index contributed by atoms with van der Waals surface area (Å²) in [6, 6.07) is 0.463. The second-order valence-electron chi connectivity index (χ2n) is 4.14. The van der Waals surface area contributed by atoms with E-state index in [-0.39, 0.29) is 6.04 Å². The maximum absolute atomic E-state index is 5.30. The van der Waals surface area contributed by atoms with E-state index in [9.17, 15) is 0 Å². The van der Waals surface area contributed by atoms with Gasteiger partial charge in [-0.05, 0) is 40.4 Å². The molecular formula is C10H18N4O. The van der Waals surface area contributed by atoms with Crippen LogP contribution in [0.4, 0.5) is 0 Å². The van der Waals surface area contributed by atoms with Gasteiger partial charge in [-0.3, -0.25) is 4.90 Å². The Balaban J connectivity index is 2.12. The van der Waals surface area contributed by atoms with Crippen LogP contribution in [0.3, 0.4) is 0 Å². The summed E-state index contributed by atoms with van der Waals surface area (Å²) in [6.45, 7) is 3.14. The van der Waals surface area contributed by atoms with E-state index < -0.39 is 0 Å². The molecule has 0 bridgehead atoms. The van der Waals surface area contributed by atoms with Gasteiger partial charge in [0.15, 0.2) is 5.82 Å². The maximum Gasteiger partial charge on any atom is 0.244 e. The summed E-state index contributed by atoms with van der Waals surface area (Å²) in [5.41, 5.74) is 0. The van der Waals surface area contributed by atoms with Gasteiger partial charge in [-0.15, -0.1) is 0 Å². The Morgan fingerprint density at radius 2 is 2.40 bits per heavy atom. The molecular weight excluding hydrogens is 192 g/mol. The van der Waals surface area contributed by atoms with Crippen LogP contribution in [0.5, 0.6) is 0 Å². The van der Waals surface area contributed by atoms with Crippen molar-refractivity contribution in [1.29, 1.82) is 0 Å². The zero-order valence-corrected chi connectivity index (χ0v) is 9.53. The molecule has 2 atom stereocenters. The molecule has 0 aromatic carbocycles. The first-order chi connectivity index (χ1) is 7.22. The molecule has 0 radical (unpaired) electrons. The van der Waals surface area contributed by atoms with E-state index in [0.717, 1.165) is 24.7 Å². The summed E-state index contributed by atoms with van der Waals surface area (Å²) < 4.78 is 5.30. The largest absolute Gasteiger partial charge is 0.338 e. The minimum Gasteiger partial charge on any atom is -0.338 e. The SMILES string of the molecule is CNC(C)c1noc(C2CCCN2C)n1. The second kappa shape index (κ2) is 4.28. The van der Waals surface area contributed by atoms with Crippen LogP contribution < -0.4 is 5.32 Å². The fraction of sp³-hybridized carbons (Fsp3) is 0.800. The van der Waals surface area contributed by atoms with Crippen LogP contribution in [0, 0.1) is 0 Å². The van der Waals surface area contributed by atoms with Crippen molar-refractivity contribution in [1.82, 2.24) is 20.4 Å². The highest BCUT2D eigenvalue weighted by Crippen LogP contribution is 2.29. The predicted octanol–water partition coefficient (Wildman–Crippen LogP) is 1.12. The molecule has 2 unspecified atom stereocenters. The Kier molecular flexibility index (Phi) is 3.02. The van der Waals surface area contributed by atoms with Crippen LogP contribution in [0.1, 0.15) is 43.6 Å². The first-order valence-electron chi connectivity index (χ1n) is 5.43. The fourth-order valence-corrected chi connectivity index (χ4v) is 1.91. The molecule has 1 aromatic heterocycles. The molecule has 5 heteroatoms. The van der Waals surface area contributed by atoms with Crippen molar-refractivity contribution in [2.24, 2.45) is 0 Å². The average molecular weight is 210 g/mol. The van der Waals surface area contributed by atoms with Crippen molar-refractivity contribution in [3.05, 3.63) is 11.7 Å². The zero-order valence-electron chi connectivity index (χ0n) is 9.53. The normalized spacial score (nSPS) is 24.6. The van der Waals surface area contributed by atoms with E-state index in [1.165, 1.54) is 6.42 Å². The van der Waals surface area contributed by atoms with Crippen molar-refractivity contribution in [3.8, 4) is 0 Å². The molecule has 2 rings (SSSR count). The first kappa shape index (κ1) is 10.6. The van der Waals surface area contributed by atoms with E-state index >= 15 is 0 Å². The lowest BCUT2D eigenvalue weighted by Crippen LogP contribution is -2.18. The molecule has 84 valence electrons. The van der Waals surface area contributed by atoms with E-state index in [1.807, 2.05) is 14.0 Å². The van der Waals surface area contributed by atoms with E-state index in [0.29, 0.717) is 6.04 Å². The highest BCUT2D eigenvalue weighted by molar-refractivity contribution is 4.98. The lowest BCUT2D eigenvalue weighted by Gasteiger charge is -2.14. The quantitative estimate of drug-likeness (QED) is 0.810. The average Bonchev–Trinajstić information content (AvgIpc) is 2.84. The van der Waals surface area contributed by atoms with Gasteiger partial charge in [-0.2, -0.15) is 4.98 Å². The monoisotopic (exact) mass is 210 g/mol. The minimum atomic E-state index is 0.147. The molecule has 1 fully saturated rings. The molecule has 0 spiro atoms. The molecule has 0 saturated carbocycles. The van der Waals surface area contributed by atoms with Gasteiger partial charge in [-0.1, -0.05) is 5.16 Å². The second-order valence-corrected chi connectivity index (χ2v) is 4.14. The Hall–Kier alpha value is -0.940. The van der Waals surface area contributed by atoms with Gasteiger partial charge in [0.25, 0.3) is 0 Å². The van der Waals surface area contributed by atoms with Gasteiger partial charge < -0.3 is 9.84 Å². The number of rotatable bonds is 3. The number of nitrogens with zero attached hydrogens (tertiary/aromatic N) is 3. The highest BCUT2D eigenvalue weighted by atomic mass is 16.5. The fourth-order valence-electron chi connectivity index (χ4n) is 1.91. The molecule has 1 saturated heterocycles. The molecule has 15 heavy (non-hydrogen) atoms. The predicted molar refractivity (Wildman–Crippen MR) is 56.4 cm³/mol. The molecule has 0 aliphatic carbocycles. The first-order valence-corrected chi connectivity index (χ1v) is 5.43. The van der Waals surface area contributed by atoms with Gasteiger partial charge in [0.1, 0.15) is 0 Å². The Labute approximate surface area is 89.8 Å². The molecule has 2 heterocycles. The van der Waals surface area contributed by atoms with Gasteiger partial charge in [0.05, 0.1) is 12.1 Å². The van der Waals surface area contributed by atoms with E-state index in [2.05, 4.69) is 27.4 Å². The lowest BCUT2D eigenvalue weighted by molar-refractivity contribution is 0.244. The number of aromatic nitrogens is 2. The molecule has 1 aromatic rings. The van der Waals surface area contributed by atoms with Crippen LogP contribution >= 0.6 is 0 Å². The minimum absolute atomic E-state index is 0.147. The van der Waals surface area contributed by atoms with Crippen LogP contribution in [0.2, 0.25) is 0 Å². The number of likely N-dealkylation sites (tertiary alicyclic amines) is 1. The number of hydrogen-bond acceptors (Lipinski definition) is 5. The summed E-state index contributed by atoms with van der Waals surface area (Å²) in [5, 5.41) is 7.09. The topological polar surface area (TPSA) is 54.2 Å². The van der Waals surface area contributed by atoms with Crippen molar-refractivity contribution >= 4 is 0 Å². The molecule has 0 amide bonds. The standard InChI is InChI=1S/C10H18N4O/c1-7(11-2)9-12-10(15-13-9)8-5-4-6-14(8)3/h7-8,11H,4-6H2,1-3H3. The van der Waals surface area contributed by atoms with Crippen molar-refractivity contribution < 1.29 is 4.52 Å². The van der Waals surface area contributed by atoms with Crippen molar-refractivity contribution in [2.45, 2.75) is 31.8 Å². The lowest BCUT2D eigenvalue weighted by atomic mass is 10.2. The summed E-state index contributed by atoms with van der Waals surface area (Å²) >= 11 is 0. The van der Waals surface area contributed by atoms with Gasteiger partial charge in [0.2, 0.25) is 5.89 Å². The van der Waals surface area contributed by atoms with E-state index in [1.54, 1.807) is 0 Å². The Bertz CT molecular complexity index is 325. The van der Waals surface area contributed by atoms with Crippen LogP contribution in [-0.4, -0.2) is 35.7 Å². The number of nitrogens with one attached hydrogen (secondary N) is 1. The summed E-state index contributed by atoms with van der Waals surface area (Å²) in [7, 11) is 3.99. The third-order valence-electron chi connectivity index (χ3n) is 3.08. The third kappa shape index (κ3) is 2.03. The molecule has 1 aliphatic heterocycles. The Morgan fingerprint density at radius 3 is 3.00 bits per heavy atom. The van der Waals surface area contributed by atoms with Gasteiger partial charge in [0, 0.05) is 0 Å². The molecule has 1 N–H and O–H groups in total.